The molecule has 2 N–H and O–H groups in total. The van der Waals surface area contributed by atoms with Crippen molar-refractivity contribution in [3.63, 3.8) is 0 Å². The van der Waals surface area contributed by atoms with Crippen LogP contribution < -0.4 is 5.73 Å². The van der Waals surface area contributed by atoms with Crippen LogP contribution in [0.15, 0.2) is 6.20 Å². The maximum Gasteiger partial charge on any atom is 0.220 e. The number of nitrogens with two attached hydrogens (primary N) is 1. The van der Waals surface area contributed by atoms with Gasteiger partial charge in [0, 0.05) is 11.9 Å². The SMILES string of the molecule is CCc1cnc(N)nc1C(P)CC. The number of nitrogens with zero attached hydrogens (tertiary/aromatic N) is 2. The van der Waals surface area contributed by atoms with Crippen LogP contribution in [-0.2, 0) is 6.42 Å². The Labute approximate surface area is 81.4 Å². The maximum absolute atomic E-state index is 5.54. The molecule has 2 atom stereocenters. The van der Waals surface area contributed by atoms with E-state index in [4.69, 9.17) is 5.73 Å². The van der Waals surface area contributed by atoms with Gasteiger partial charge >= 0.3 is 0 Å². The summed E-state index contributed by atoms with van der Waals surface area (Å²) in [4.78, 5) is 8.25. The molecule has 1 rings (SSSR count). The third-order valence-electron chi connectivity index (χ3n) is 2.09. The molecule has 1 aromatic rings. The number of anilines is 1. The van der Waals surface area contributed by atoms with Crippen LogP contribution in [0.3, 0.4) is 0 Å². The zero-order valence-electron chi connectivity index (χ0n) is 8.12. The lowest BCUT2D eigenvalue weighted by atomic mass is 10.1. The number of aromatic nitrogens is 2. The summed E-state index contributed by atoms with van der Waals surface area (Å²) < 4.78 is 0. The quantitative estimate of drug-likeness (QED) is 0.753. The van der Waals surface area contributed by atoms with Crippen molar-refractivity contribution < 1.29 is 0 Å². The number of aryl methyl sites for hydroxylation is 1. The van der Waals surface area contributed by atoms with Gasteiger partial charge in [-0.05, 0) is 18.4 Å². The highest BCUT2D eigenvalue weighted by molar-refractivity contribution is 7.17. The minimum absolute atomic E-state index is 0.369. The highest BCUT2D eigenvalue weighted by atomic mass is 31.0. The number of hydrogen-bond donors (Lipinski definition) is 1. The van der Waals surface area contributed by atoms with Gasteiger partial charge in [-0.3, -0.25) is 0 Å². The normalized spacial score (nSPS) is 12.8. The lowest BCUT2D eigenvalue weighted by molar-refractivity contribution is 0.828. The molecular formula is C9H16N3P. The lowest BCUT2D eigenvalue weighted by Gasteiger charge is -2.12. The molecule has 0 spiro atoms. The number of rotatable bonds is 3. The van der Waals surface area contributed by atoms with E-state index in [0.29, 0.717) is 11.6 Å². The van der Waals surface area contributed by atoms with Crippen LogP contribution in [0.2, 0.25) is 0 Å². The molecule has 0 radical (unpaired) electrons. The lowest BCUT2D eigenvalue weighted by Crippen LogP contribution is -2.04. The fraction of sp³-hybridized carbons (Fsp3) is 0.556. The van der Waals surface area contributed by atoms with Crippen LogP contribution in [-0.4, -0.2) is 9.97 Å². The van der Waals surface area contributed by atoms with E-state index in [1.165, 1.54) is 5.56 Å². The van der Waals surface area contributed by atoms with Crippen molar-refractivity contribution in [3.05, 3.63) is 17.5 Å². The zero-order chi connectivity index (χ0) is 9.84. The Kier molecular flexibility index (Phi) is 3.61. The Morgan fingerprint density at radius 1 is 1.54 bits per heavy atom. The second-order valence-corrected chi connectivity index (χ2v) is 3.81. The molecule has 13 heavy (non-hydrogen) atoms. The van der Waals surface area contributed by atoms with Gasteiger partial charge in [-0.1, -0.05) is 13.8 Å². The molecule has 0 amide bonds. The zero-order valence-corrected chi connectivity index (χ0v) is 9.27. The monoisotopic (exact) mass is 197 g/mol. The highest BCUT2D eigenvalue weighted by Crippen LogP contribution is 2.27. The molecule has 1 heterocycles. The van der Waals surface area contributed by atoms with Gasteiger partial charge in [-0.2, -0.15) is 0 Å². The third kappa shape index (κ3) is 2.38. The molecule has 0 aliphatic carbocycles. The van der Waals surface area contributed by atoms with Crippen LogP contribution in [0.5, 0.6) is 0 Å². The molecule has 0 bridgehead atoms. The second kappa shape index (κ2) is 4.52. The van der Waals surface area contributed by atoms with Gasteiger partial charge in [0.1, 0.15) is 0 Å². The summed E-state index contributed by atoms with van der Waals surface area (Å²) in [5.74, 6) is 0.369. The summed E-state index contributed by atoms with van der Waals surface area (Å²) >= 11 is 0. The van der Waals surface area contributed by atoms with E-state index >= 15 is 0 Å². The van der Waals surface area contributed by atoms with Crippen molar-refractivity contribution in [2.45, 2.75) is 32.3 Å². The first kappa shape index (κ1) is 10.4. The van der Waals surface area contributed by atoms with E-state index in [1.807, 2.05) is 6.20 Å². The Balaban J connectivity index is 3.07. The minimum Gasteiger partial charge on any atom is -0.368 e. The van der Waals surface area contributed by atoms with E-state index in [-0.39, 0.29) is 0 Å². The third-order valence-corrected chi connectivity index (χ3v) is 2.88. The molecule has 2 unspecified atom stereocenters. The molecule has 0 saturated heterocycles. The van der Waals surface area contributed by atoms with Gasteiger partial charge < -0.3 is 5.73 Å². The van der Waals surface area contributed by atoms with Gasteiger partial charge in [0.15, 0.2) is 0 Å². The summed E-state index contributed by atoms with van der Waals surface area (Å²) in [6, 6.07) is 0. The van der Waals surface area contributed by atoms with Crippen LogP contribution in [0.1, 0.15) is 37.2 Å². The molecule has 0 aliphatic rings. The largest absolute Gasteiger partial charge is 0.368 e. The fourth-order valence-corrected chi connectivity index (χ4v) is 1.51. The van der Waals surface area contributed by atoms with Gasteiger partial charge in [0.05, 0.1) is 5.69 Å². The Bertz CT molecular complexity index is 288. The highest BCUT2D eigenvalue weighted by Gasteiger charge is 2.10. The molecule has 0 fully saturated rings. The Morgan fingerprint density at radius 3 is 2.77 bits per heavy atom. The summed E-state index contributed by atoms with van der Waals surface area (Å²) in [5.41, 5.74) is 8.19. The minimum atomic E-state index is 0.369. The standard InChI is InChI=1S/C9H16N3P/c1-3-6-5-11-9(10)12-8(6)7(13)4-2/h5,7H,3-4,13H2,1-2H3,(H2,10,11,12). The molecule has 1 aromatic heterocycles. The summed E-state index contributed by atoms with van der Waals surface area (Å²) in [6.07, 6.45) is 3.83. The maximum atomic E-state index is 5.54. The Hall–Kier alpha value is -0.690. The predicted octanol–water partition coefficient (Wildman–Crippen LogP) is 1.95. The van der Waals surface area contributed by atoms with Gasteiger partial charge in [0.2, 0.25) is 5.95 Å². The van der Waals surface area contributed by atoms with Gasteiger partial charge in [-0.15, -0.1) is 9.24 Å². The first-order valence-corrected chi connectivity index (χ1v) is 5.22. The van der Waals surface area contributed by atoms with Crippen LogP contribution in [0.25, 0.3) is 0 Å². The number of hydrogen-bond acceptors (Lipinski definition) is 3. The molecule has 72 valence electrons. The van der Waals surface area contributed by atoms with Crippen LogP contribution in [0, 0.1) is 0 Å². The van der Waals surface area contributed by atoms with E-state index in [2.05, 4.69) is 33.1 Å². The Morgan fingerprint density at radius 2 is 2.23 bits per heavy atom. The molecular weight excluding hydrogens is 181 g/mol. The van der Waals surface area contributed by atoms with Crippen molar-refractivity contribution >= 4 is 15.2 Å². The van der Waals surface area contributed by atoms with Gasteiger partial charge in [0.25, 0.3) is 0 Å². The molecule has 4 heteroatoms. The van der Waals surface area contributed by atoms with Crippen LogP contribution in [0.4, 0.5) is 5.95 Å². The summed E-state index contributed by atoms with van der Waals surface area (Å²) in [7, 11) is 2.79. The first-order valence-electron chi connectivity index (χ1n) is 4.55. The van der Waals surface area contributed by atoms with Crippen molar-refractivity contribution in [1.29, 1.82) is 0 Å². The first-order chi connectivity index (χ1) is 6.19. The smallest absolute Gasteiger partial charge is 0.220 e. The van der Waals surface area contributed by atoms with Crippen molar-refractivity contribution in [3.8, 4) is 0 Å². The topological polar surface area (TPSA) is 51.8 Å². The molecule has 3 nitrogen and oxygen atoms in total. The number of nitrogen functional groups attached to an aromatic ring is 1. The average molecular weight is 197 g/mol. The molecule has 0 aromatic carbocycles. The molecule has 0 saturated carbocycles. The second-order valence-electron chi connectivity index (χ2n) is 3.01. The molecule has 0 aliphatic heterocycles. The van der Waals surface area contributed by atoms with Crippen molar-refractivity contribution in [2.75, 3.05) is 5.73 Å². The van der Waals surface area contributed by atoms with E-state index in [1.54, 1.807) is 0 Å². The van der Waals surface area contributed by atoms with E-state index < -0.39 is 0 Å². The average Bonchev–Trinajstić information content (AvgIpc) is 2.16. The van der Waals surface area contributed by atoms with E-state index in [0.717, 1.165) is 18.5 Å². The van der Waals surface area contributed by atoms with Gasteiger partial charge in [-0.25, -0.2) is 9.97 Å². The predicted molar refractivity (Wildman–Crippen MR) is 58.6 cm³/mol. The van der Waals surface area contributed by atoms with E-state index in [9.17, 15) is 0 Å². The van der Waals surface area contributed by atoms with Crippen LogP contribution >= 0.6 is 9.24 Å². The summed E-state index contributed by atoms with van der Waals surface area (Å²) in [5, 5.41) is 0. The van der Waals surface area contributed by atoms with Crippen molar-refractivity contribution in [2.24, 2.45) is 0 Å². The van der Waals surface area contributed by atoms with Crippen molar-refractivity contribution in [1.82, 2.24) is 9.97 Å². The fourth-order valence-electron chi connectivity index (χ4n) is 1.22. The summed E-state index contributed by atoms with van der Waals surface area (Å²) in [6.45, 7) is 4.24.